The van der Waals surface area contributed by atoms with E-state index >= 15 is 0 Å². The second-order valence-corrected chi connectivity index (χ2v) is 5.49. The fourth-order valence-corrected chi connectivity index (χ4v) is 3.12. The SMILES string of the molecule is CCc1nsc(N2CCCN(c3cccnn3)CC2)n1. The van der Waals surface area contributed by atoms with Crippen LogP contribution in [0.1, 0.15) is 19.2 Å². The van der Waals surface area contributed by atoms with Crippen molar-refractivity contribution in [3.8, 4) is 0 Å². The van der Waals surface area contributed by atoms with Crippen LogP contribution in [0.5, 0.6) is 0 Å². The summed E-state index contributed by atoms with van der Waals surface area (Å²) in [6, 6.07) is 3.95. The third-order valence-corrected chi connectivity index (χ3v) is 4.24. The van der Waals surface area contributed by atoms with E-state index in [1.165, 1.54) is 11.5 Å². The molecule has 0 spiro atoms. The van der Waals surface area contributed by atoms with Crippen LogP contribution in [0.3, 0.4) is 0 Å². The fourth-order valence-electron chi connectivity index (χ4n) is 2.32. The zero-order valence-electron chi connectivity index (χ0n) is 11.6. The van der Waals surface area contributed by atoms with Crippen molar-refractivity contribution in [2.75, 3.05) is 36.0 Å². The standard InChI is InChI=1S/C13H18N6S/c1-2-11-15-13(20-17-11)19-8-4-7-18(9-10-19)12-5-3-6-14-16-12/h3,5-6H,2,4,7-10H2,1H3. The van der Waals surface area contributed by atoms with Gasteiger partial charge in [0.25, 0.3) is 0 Å². The molecule has 106 valence electrons. The van der Waals surface area contributed by atoms with Gasteiger partial charge < -0.3 is 9.80 Å². The van der Waals surface area contributed by atoms with Crippen LogP contribution in [-0.4, -0.2) is 45.7 Å². The normalized spacial score (nSPS) is 16.2. The summed E-state index contributed by atoms with van der Waals surface area (Å²) in [5.41, 5.74) is 0. The Labute approximate surface area is 122 Å². The quantitative estimate of drug-likeness (QED) is 0.856. The predicted molar refractivity (Wildman–Crippen MR) is 80.4 cm³/mol. The lowest BCUT2D eigenvalue weighted by molar-refractivity contribution is 0.786. The first-order valence-corrected chi connectivity index (χ1v) is 7.74. The number of nitrogens with zero attached hydrogens (tertiary/aromatic N) is 6. The number of aryl methyl sites for hydroxylation is 1. The summed E-state index contributed by atoms with van der Waals surface area (Å²) in [4.78, 5) is 9.19. The molecule has 2 aromatic heterocycles. The molecule has 6 nitrogen and oxygen atoms in total. The molecule has 0 amide bonds. The van der Waals surface area contributed by atoms with Gasteiger partial charge in [0.1, 0.15) is 5.82 Å². The van der Waals surface area contributed by atoms with Crippen LogP contribution in [0.15, 0.2) is 18.3 Å². The highest BCUT2D eigenvalue weighted by atomic mass is 32.1. The summed E-state index contributed by atoms with van der Waals surface area (Å²) in [5, 5.41) is 9.19. The Morgan fingerprint density at radius 2 is 2.05 bits per heavy atom. The van der Waals surface area contributed by atoms with Crippen LogP contribution >= 0.6 is 11.5 Å². The van der Waals surface area contributed by atoms with Gasteiger partial charge in [0.15, 0.2) is 5.82 Å². The fraction of sp³-hybridized carbons (Fsp3) is 0.538. The summed E-state index contributed by atoms with van der Waals surface area (Å²) in [5.74, 6) is 1.90. The van der Waals surface area contributed by atoms with Gasteiger partial charge in [-0.05, 0) is 18.6 Å². The molecule has 0 unspecified atom stereocenters. The van der Waals surface area contributed by atoms with Gasteiger partial charge in [0.05, 0.1) is 0 Å². The van der Waals surface area contributed by atoms with Crippen molar-refractivity contribution in [1.82, 2.24) is 19.6 Å². The minimum absolute atomic E-state index is 0.899. The Morgan fingerprint density at radius 3 is 2.80 bits per heavy atom. The van der Waals surface area contributed by atoms with Crippen molar-refractivity contribution >= 4 is 22.5 Å². The second kappa shape index (κ2) is 6.13. The molecule has 1 aliphatic heterocycles. The van der Waals surface area contributed by atoms with E-state index in [1.807, 2.05) is 12.1 Å². The molecule has 1 fully saturated rings. The number of hydrogen-bond acceptors (Lipinski definition) is 7. The Balaban J connectivity index is 1.67. The van der Waals surface area contributed by atoms with Crippen molar-refractivity contribution in [3.05, 3.63) is 24.2 Å². The number of aromatic nitrogens is 4. The van der Waals surface area contributed by atoms with Crippen LogP contribution in [0.4, 0.5) is 10.9 Å². The van der Waals surface area contributed by atoms with Crippen molar-refractivity contribution in [3.63, 3.8) is 0 Å². The average molecular weight is 290 g/mol. The lowest BCUT2D eigenvalue weighted by atomic mass is 10.4. The molecule has 1 aliphatic rings. The smallest absolute Gasteiger partial charge is 0.205 e. The molecule has 20 heavy (non-hydrogen) atoms. The Bertz CT molecular complexity index is 543. The third kappa shape index (κ3) is 2.87. The van der Waals surface area contributed by atoms with Gasteiger partial charge in [-0.1, -0.05) is 6.92 Å². The molecular formula is C13H18N6S. The Hall–Kier alpha value is -1.76. The highest BCUT2D eigenvalue weighted by Crippen LogP contribution is 2.20. The van der Waals surface area contributed by atoms with E-state index in [2.05, 4.69) is 36.3 Å². The van der Waals surface area contributed by atoms with Crippen LogP contribution < -0.4 is 9.80 Å². The van der Waals surface area contributed by atoms with Crippen molar-refractivity contribution in [2.45, 2.75) is 19.8 Å². The lowest BCUT2D eigenvalue weighted by Gasteiger charge is -2.21. The first kappa shape index (κ1) is 13.2. The molecule has 0 atom stereocenters. The maximum atomic E-state index is 4.58. The van der Waals surface area contributed by atoms with E-state index in [1.54, 1.807) is 6.20 Å². The summed E-state index contributed by atoms with van der Waals surface area (Å²) >= 11 is 1.51. The van der Waals surface area contributed by atoms with Gasteiger partial charge in [0.2, 0.25) is 5.13 Å². The minimum atomic E-state index is 0.899. The van der Waals surface area contributed by atoms with Crippen LogP contribution in [0.25, 0.3) is 0 Å². The van der Waals surface area contributed by atoms with E-state index in [-0.39, 0.29) is 0 Å². The Kier molecular flexibility index (Phi) is 4.05. The van der Waals surface area contributed by atoms with Crippen LogP contribution in [0.2, 0.25) is 0 Å². The first-order chi connectivity index (χ1) is 9.86. The monoisotopic (exact) mass is 290 g/mol. The molecule has 0 aliphatic carbocycles. The highest BCUT2D eigenvalue weighted by molar-refractivity contribution is 7.09. The summed E-state index contributed by atoms with van der Waals surface area (Å²) in [6.07, 6.45) is 3.70. The van der Waals surface area contributed by atoms with Gasteiger partial charge in [-0.25, -0.2) is 4.98 Å². The van der Waals surface area contributed by atoms with Gasteiger partial charge >= 0.3 is 0 Å². The predicted octanol–water partition coefficient (Wildman–Crippen LogP) is 1.61. The van der Waals surface area contributed by atoms with E-state index in [9.17, 15) is 0 Å². The zero-order valence-corrected chi connectivity index (χ0v) is 12.4. The molecule has 0 aromatic carbocycles. The molecule has 3 rings (SSSR count). The first-order valence-electron chi connectivity index (χ1n) is 6.97. The van der Waals surface area contributed by atoms with Crippen molar-refractivity contribution in [2.24, 2.45) is 0 Å². The molecule has 2 aromatic rings. The van der Waals surface area contributed by atoms with Gasteiger partial charge in [-0.3, -0.25) is 0 Å². The summed E-state index contributed by atoms with van der Waals surface area (Å²) in [7, 11) is 0. The molecular weight excluding hydrogens is 272 g/mol. The van der Waals surface area contributed by atoms with E-state index in [0.717, 1.165) is 55.8 Å². The van der Waals surface area contributed by atoms with Gasteiger partial charge in [-0.2, -0.15) is 9.47 Å². The minimum Gasteiger partial charge on any atom is -0.353 e. The molecule has 1 saturated heterocycles. The highest BCUT2D eigenvalue weighted by Gasteiger charge is 2.18. The maximum absolute atomic E-state index is 4.58. The molecule has 3 heterocycles. The number of rotatable bonds is 3. The Morgan fingerprint density at radius 1 is 1.20 bits per heavy atom. The molecule has 7 heteroatoms. The molecule has 0 radical (unpaired) electrons. The lowest BCUT2D eigenvalue weighted by Crippen LogP contribution is -2.31. The van der Waals surface area contributed by atoms with Crippen LogP contribution in [0, 0.1) is 0 Å². The topological polar surface area (TPSA) is 58.0 Å². The van der Waals surface area contributed by atoms with Gasteiger partial charge in [0, 0.05) is 50.3 Å². The van der Waals surface area contributed by atoms with Gasteiger partial charge in [-0.15, -0.1) is 5.10 Å². The number of hydrogen-bond donors (Lipinski definition) is 0. The molecule has 0 N–H and O–H groups in total. The zero-order chi connectivity index (χ0) is 13.8. The van der Waals surface area contributed by atoms with Crippen molar-refractivity contribution < 1.29 is 0 Å². The van der Waals surface area contributed by atoms with E-state index in [0.29, 0.717) is 0 Å². The molecule has 0 saturated carbocycles. The van der Waals surface area contributed by atoms with E-state index in [4.69, 9.17) is 0 Å². The second-order valence-electron chi connectivity index (χ2n) is 4.76. The summed E-state index contributed by atoms with van der Waals surface area (Å²) < 4.78 is 4.37. The largest absolute Gasteiger partial charge is 0.353 e. The average Bonchev–Trinajstić information content (AvgIpc) is 2.85. The van der Waals surface area contributed by atoms with E-state index < -0.39 is 0 Å². The summed E-state index contributed by atoms with van der Waals surface area (Å²) in [6.45, 7) is 6.02. The molecule has 0 bridgehead atoms. The van der Waals surface area contributed by atoms with Crippen molar-refractivity contribution in [1.29, 1.82) is 0 Å². The van der Waals surface area contributed by atoms with Crippen LogP contribution in [-0.2, 0) is 6.42 Å². The third-order valence-electron chi connectivity index (χ3n) is 3.42. The number of anilines is 2. The maximum Gasteiger partial charge on any atom is 0.205 e.